The van der Waals surface area contributed by atoms with Crippen molar-refractivity contribution in [3.05, 3.63) is 63.6 Å². The van der Waals surface area contributed by atoms with Crippen molar-refractivity contribution in [2.75, 3.05) is 14.2 Å². The molecule has 3 heteroatoms. The first-order valence-electron chi connectivity index (χ1n) is 6.70. The minimum atomic E-state index is 0.276. The molecule has 2 rings (SSSR count). The third-order valence-corrected chi connectivity index (χ3v) is 3.95. The number of hydrogen-bond acceptors (Lipinski definition) is 2. The van der Waals surface area contributed by atoms with Crippen LogP contribution in [0, 0.1) is 6.92 Å². The van der Waals surface area contributed by atoms with Gasteiger partial charge in [-0.25, -0.2) is 0 Å². The van der Waals surface area contributed by atoms with Crippen molar-refractivity contribution in [2.45, 2.75) is 19.4 Å². The Labute approximate surface area is 129 Å². The van der Waals surface area contributed by atoms with Crippen molar-refractivity contribution in [1.29, 1.82) is 0 Å². The number of nitrogens with one attached hydrogen (secondary N) is 1. The summed E-state index contributed by atoms with van der Waals surface area (Å²) in [6, 6.07) is 15.0. The predicted molar refractivity (Wildman–Crippen MR) is 87.4 cm³/mol. The number of likely N-dealkylation sites (N-methyl/N-ethyl adjacent to an activating group) is 1. The van der Waals surface area contributed by atoms with Gasteiger partial charge in [0.2, 0.25) is 0 Å². The van der Waals surface area contributed by atoms with E-state index in [0.29, 0.717) is 0 Å². The molecule has 0 amide bonds. The summed E-state index contributed by atoms with van der Waals surface area (Å²) in [6.45, 7) is 2.12. The molecule has 106 valence electrons. The molecule has 2 aromatic carbocycles. The van der Waals surface area contributed by atoms with Crippen LogP contribution in [0.5, 0.6) is 5.75 Å². The first-order valence-corrected chi connectivity index (χ1v) is 7.49. The van der Waals surface area contributed by atoms with Gasteiger partial charge in [-0.3, -0.25) is 0 Å². The van der Waals surface area contributed by atoms with Gasteiger partial charge in [0.05, 0.1) is 7.11 Å². The summed E-state index contributed by atoms with van der Waals surface area (Å²) in [5, 5.41) is 3.39. The van der Waals surface area contributed by atoms with E-state index in [2.05, 4.69) is 58.5 Å². The maximum absolute atomic E-state index is 5.46. The predicted octanol–water partition coefficient (Wildman–Crippen LogP) is 4.27. The molecule has 0 fully saturated rings. The van der Waals surface area contributed by atoms with E-state index in [1.54, 1.807) is 7.11 Å². The lowest BCUT2D eigenvalue weighted by Crippen LogP contribution is -2.19. The quantitative estimate of drug-likeness (QED) is 0.882. The van der Waals surface area contributed by atoms with Crippen LogP contribution in [0.25, 0.3) is 0 Å². The molecule has 0 aliphatic rings. The fourth-order valence-corrected chi connectivity index (χ4v) is 2.81. The third kappa shape index (κ3) is 3.62. The normalized spacial score (nSPS) is 12.2. The number of ether oxygens (including phenoxy) is 1. The molecule has 0 spiro atoms. The van der Waals surface area contributed by atoms with Crippen LogP contribution in [0.4, 0.5) is 0 Å². The summed E-state index contributed by atoms with van der Waals surface area (Å²) in [4.78, 5) is 0. The van der Waals surface area contributed by atoms with E-state index >= 15 is 0 Å². The molecule has 2 aromatic rings. The van der Waals surface area contributed by atoms with Gasteiger partial charge in [-0.2, -0.15) is 0 Å². The first kappa shape index (κ1) is 15.1. The van der Waals surface area contributed by atoms with Crippen molar-refractivity contribution in [3.63, 3.8) is 0 Å². The maximum Gasteiger partial charge on any atom is 0.122 e. The second-order valence-electron chi connectivity index (χ2n) is 4.92. The van der Waals surface area contributed by atoms with Crippen molar-refractivity contribution < 1.29 is 4.74 Å². The van der Waals surface area contributed by atoms with E-state index in [4.69, 9.17) is 4.74 Å². The van der Waals surface area contributed by atoms with Crippen molar-refractivity contribution >= 4 is 15.9 Å². The van der Waals surface area contributed by atoms with Gasteiger partial charge in [-0.15, -0.1) is 0 Å². The smallest absolute Gasteiger partial charge is 0.122 e. The second-order valence-corrected chi connectivity index (χ2v) is 5.83. The molecular formula is C17H20BrNO. The number of benzene rings is 2. The van der Waals surface area contributed by atoms with Crippen molar-refractivity contribution in [1.82, 2.24) is 5.32 Å². The average molecular weight is 334 g/mol. The Morgan fingerprint density at radius 2 is 2.00 bits per heavy atom. The highest BCUT2D eigenvalue weighted by molar-refractivity contribution is 9.10. The first-order chi connectivity index (χ1) is 9.63. The molecule has 2 nitrogen and oxygen atoms in total. The second kappa shape index (κ2) is 6.91. The standard InChI is InChI=1S/C17H20BrNO/c1-12-5-4-6-13(9-12)16(19-2)11-14-10-15(18)7-8-17(14)20-3/h4-10,16,19H,11H2,1-3H3. The lowest BCUT2D eigenvalue weighted by Gasteiger charge is -2.19. The molecule has 1 unspecified atom stereocenters. The van der Waals surface area contributed by atoms with Gasteiger partial charge in [0.1, 0.15) is 5.75 Å². The Hall–Kier alpha value is -1.32. The fraction of sp³-hybridized carbons (Fsp3) is 0.294. The Morgan fingerprint density at radius 1 is 1.20 bits per heavy atom. The maximum atomic E-state index is 5.46. The minimum absolute atomic E-state index is 0.276. The zero-order valence-corrected chi connectivity index (χ0v) is 13.7. The molecular weight excluding hydrogens is 314 g/mol. The molecule has 0 saturated carbocycles. The van der Waals surface area contributed by atoms with Crippen LogP contribution in [0.2, 0.25) is 0 Å². The molecule has 0 aromatic heterocycles. The summed E-state index contributed by atoms with van der Waals surface area (Å²) >= 11 is 3.53. The largest absolute Gasteiger partial charge is 0.496 e. The lowest BCUT2D eigenvalue weighted by molar-refractivity contribution is 0.406. The molecule has 20 heavy (non-hydrogen) atoms. The summed E-state index contributed by atoms with van der Waals surface area (Å²) in [6.07, 6.45) is 0.891. The van der Waals surface area contributed by atoms with Gasteiger partial charge in [0, 0.05) is 10.5 Å². The highest BCUT2D eigenvalue weighted by Crippen LogP contribution is 2.28. The lowest BCUT2D eigenvalue weighted by atomic mass is 9.97. The SMILES string of the molecule is CNC(Cc1cc(Br)ccc1OC)c1cccc(C)c1. The molecule has 1 N–H and O–H groups in total. The Bertz CT molecular complexity index is 583. The highest BCUT2D eigenvalue weighted by atomic mass is 79.9. The van der Waals surface area contributed by atoms with E-state index in [1.165, 1.54) is 16.7 Å². The van der Waals surface area contributed by atoms with Crippen LogP contribution in [0.1, 0.15) is 22.7 Å². The van der Waals surface area contributed by atoms with Gasteiger partial charge in [-0.1, -0.05) is 45.8 Å². The van der Waals surface area contributed by atoms with E-state index in [-0.39, 0.29) is 6.04 Å². The van der Waals surface area contributed by atoms with Crippen LogP contribution in [0.3, 0.4) is 0 Å². The molecule has 0 saturated heterocycles. The van der Waals surface area contributed by atoms with Crippen LogP contribution in [0.15, 0.2) is 46.9 Å². The monoisotopic (exact) mass is 333 g/mol. The summed E-state index contributed by atoms with van der Waals surface area (Å²) in [5.41, 5.74) is 3.78. The van der Waals surface area contributed by atoms with Crippen molar-refractivity contribution in [3.8, 4) is 5.75 Å². The molecule has 0 radical (unpaired) electrons. The van der Waals surface area contributed by atoms with Crippen molar-refractivity contribution in [2.24, 2.45) is 0 Å². The molecule has 1 atom stereocenters. The average Bonchev–Trinajstić information content (AvgIpc) is 2.45. The fourth-order valence-electron chi connectivity index (χ4n) is 2.40. The summed E-state index contributed by atoms with van der Waals surface area (Å²) in [5.74, 6) is 0.932. The van der Waals surface area contributed by atoms with Gasteiger partial charge in [-0.05, 0) is 49.7 Å². The number of aryl methyl sites for hydroxylation is 1. The Kier molecular flexibility index (Phi) is 5.21. The summed E-state index contributed by atoms with van der Waals surface area (Å²) in [7, 11) is 3.71. The Morgan fingerprint density at radius 3 is 2.65 bits per heavy atom. The molecule has 0 aliphatic heterocycles. The van der Waals surface area contributed by atoms with Gasteiger partial charge in [0.15, 0.2) is 0 Å². The van der Waals surface area contributed by atoms with Gasteiger partial charge >= 0.3 is 0 Å². The topological polar surface area (TPSA) is 21.3 Å². The molecule has 0 bridgehead atoms. The van der Waals surface area contributed by atoms with E-state index in [1.807, 2.05) is 19.2 Å². The van der Waals surface area contributed by atoms with Crippen LogP contribution in [-0.4, -0.2) is 14.2 Å². The van der Waals surface area contributed by atoms with Crippen LogP contribution in [-0.2, 0) is 6.42 Å². The third-order valence-electron chi connectivity index (χ3n) is 3.46. The summed E-state index contributed by atoms with van der Waals surface area (Å²) < 4.78 is 6.53. The van der Waals surface area contributed by atoms with Gasteiger partial charge in [0.25, 0.3) is 0 Å². The molecule has 0 aliphatic carbocycles. The van der Waals surface area contributed by atoms with Crippen LogP contribution >= 0.6 is 15.9 Å². The zero-order chi connectivity index (χ0) is 14.5. The number of hydrogen-bond donors (Lipinski definition) is 1. The van der Waals surface area contributed by atoms with E-state index in [9.17, 15) is 0 Å². The Balaban J connectivity index is 2.28. The highest BCUT2D eigenvalue weighted by Gasteiger charge is 2.13. The minimum Gasteiger partial charge on any atom is -0.496 e. The number of methoxy groups -OCH3 is 1. The van der Waals surface area contributed by atoms with Gasteiger partial charge < -0.3 is 10.1 Å². The zero-order valence-electron chi connectivity index (χ0n) is 12.1. The van der Waals surface area contributed by atoms with E-state index in [0.717, 1.165) is 16.6 Å². The number of halogens is 1. The van der Waals surface area contributed by atoms with Crippen LogP contribution < -0.4 is 10.1 Å². The van der Waals surface area contributed by atoms with E-state index < -0.39 is 0 Å². The number of rotatable bonds is 5. The molecule has 0 heterocycles.